The third-order valence-electron chi connectivity index (χ3n) is 3.25. The standard InChI is InChI=1S/C12H18N4O3S/c1-7-10(11(17)18)20-9(15-7)6-14-12(19)16-4-2-8(13)3-5-16/h8H,2-6,13H2,1H3,(H,14,19)(H,17,18). The number of likely N-dealkylation sites (tertiary alicyclic amines) is 1. The third-order valence-corrected chi connectivity index (χ3v) is 4.40. The second-order valence-corrected chi connectivity index (χ2v) is 5.89. The fourth-order valence-corrected chi connectivity index (χ4v) is 2.94. The van der Waals surface area contributed by atoms with Crippen LogP contribution in [0.25, 0.3) is 0 Å². The Morgan fingerprint density at radius 3 is 2.70 bits per heavy atom. The van der Waals surface area contributed by atoms with Crippen molar-refractivity contribution < 1.29 is 14.7 Å². The lowest BCUT2D eigenvalue weighted by Crippen LogP contribution is -2.47. The fraction of sp³-hybridized carbons (Fsp3) is 0.583. The fourth-order valence-electron chi connectivity index (χ4n) is 2.09. The van der Waals surface area contributed by atoms with Crippen LogP contribution in [0.15, 0.2) is 0 Å². The van der Waals surface area contributed by atoms with Gasteiger partial charge in [0.1, 0.15) is 9.88 Å². The first kappa shape index (κ1) is 14.7. The summed E-state index contributed by atoms with van der Waals surface area (Å²) in [4.78, 5) is 28.9. The molecule has 0 radical (unpaired) electrons. The molecule has 1 aliphatic rings. The number of hydrogen-bond donors (Lipinski definition) is 3. The largest absolute Gasteiger partial charge is 0.477 e. The molecule has 0 bridgehead atoms. The molecule has 2 heterocycles. The summed E-state index contributed by atoms with van der Waals surface area (Å²) in [6, 6.07) is 0.0282. The van der Waals surface area contributed by atoms with Crippen molar-refractivity contribution in [3.63, 3.8) is 0 Å². The zero-order valence-electron chi connectivity index (χ0n) is 11.3. The number of amides is 2. The van der Waals surface area contributed by atoms with Crippen molar-refractivity contribution in [3.05, 3.63) is 15.6 Å². The molecule has 0 aromatic carbocycles. The second kappa shape index (κ2) is 6.19. The number of piperidine rings is 1. The van der Waals surface area contributed by atoms with Crippen LogP contribution in [-0.2, 0) is 6.54 Å². The van der Waals surface area contributed by atoms with Gasteiger partial charge in [0.2, 0.25) is 0 Å². The molecule has 0 aliphatic carbocycles. The number of aryl methyl sites for hydroxylation is 1. The monoisotopic (exact) mass is 298 g/mol. The molecule has 8 heteroatoms. The molecule has 0 atom stereocenters. The minimum absolute atomic E-state index is 0.151. The van der Waals surface area contributed by atoms with Gasteiger partial charge >= 0.3 is 12.0 Å². The van der Waals surface area contributed by atoms with E-state index in [1.54, 1.807) is 11.8 Å². The van der Waals surface area contributed by atoms with Crippen molar-refractivity contribution in [2.45, 2.75) is 32.4 Å². The predicted molar refractivity (Wildman–Crippen MR) is 74.8 cm³/mol. The molecule has 0 unspecified atom stereocenters. The number of carboxylic acid groups (broad SMARTS) is 1. The van der Waals surface area contributed by atoms with E-state index in [2.05, 4.69) is 10.3 Å². The van der Waals surface area contributed by atoms with Crippen LogP contribution in [0.2, 0.25) is 0 Å². The highest BCUT2D eigenvalue weighted by Gasteiger charge is 2.21. The van der Waals surface area contributed by atoms with E-state index in [1.165, 1.54) is 0 Å². The van der Waals surface area contributed by atoms with Gasteiger partial charge in [0.05, 0.1) is 12.2 Å². The smallest absolute Gasteiger partial charge is 0.347 e. The maximum absolute atomic E-state index is 11.9. The number of nitrogens with two attached hydrogens (primary N) is 1. The molecular formula is C12H18N4O3S. The van der Waals surface area contributed by atoms with Crippen molar-refractivity contribution in [3.8, 4) is 0 Å². The lowest BCUT2D eigenvalue weighted by atomic mass is 10.1. The minimum Gasteiger partial charge on any atom is -0.477 e. The van der Waals surface area contributed by atoms with Crippen molar-refractivity contribution in [2.75, 3.05) is 13.1 Å². The molecule has 4 N–H and O–H groups in total. The topological polar surface area (TPSA) is 109 Å². The number of rotatable bonds is 3. The molecular weight excluding hydrogens is 280 g/mol. The van der Waals surface area contributed by atoms with E-state index in [9.17, 15) is 9.59 Å². The molecule has 1 saturated heterocycles. The summed E-state index contributed by atoms with van der Waals surface area (Å²) in [6.07, 6.45) is 1.62. The van der Waals surface area contributed by atoms with E-state index in [0.29, 0.717) is 23.8 Å². The van der Waals surface area contributed by atoms with Gasteiger partial charge in [-0.15, -0.1) is 11.3 Å². The zero-order chi connectivity index (χ0) is 14.7. The van der Waals surface area contributed by atoms with Gasteiger partial charge < -0.3 is 21.1 Å². The van der Waals surface area contributed by atoms with Crippen molar-refractivity contribution >= 4 is 23.3 Å². The molecule has 1 aromatic rings. The van der Waals surface area contributed by atoms with Crippen LogP contribution >= 0.6 is 11.3 Å². The number of carboxylic acids is 1. The molecule has 0 saturated carbocycles. The Balaban J connectivity index is 1.87. The van der Waals surface area contributed by atoms with Gasteiger partial charge in [-0.2, -0.15) is 0 Å². The summed E-state index contributed by atoms with van der Waals surface area (Å²) in [5, 5.41) is 12.3. The van der Waals surface area contributed by atoms with Gasteiger partial charge in [0, 0.05) is 19.1 Å². The number of thiazole rings is 1. The van der Waals surface area contributed by atoms with E-state index in [1.807, 2.05) is 0 Å². The van der Waals surface area contributed by atoms with Gasteiger partial charge in [-0.1, -0.05) is 0 Å². The van der Waals surface area contributed by atoms with Gasteiger partial charge in [-0.3, -0.25) is 0 Å². The van der Waals surface area contributed by atoms with E-state index >= 15 is 0 Å². The first-order valence-electron chi connectivity index (χ1n) is 6.45. The summed E-state index contributed by atoms with van der Waals surface area (Å²) in [5.74, 6) is -0.984. The second-order valence-electron chi connectivity index (χ2n) is 4.81. The Morgan fingerprint density at radius 2 is 2.15 bits per heavy atom. The van der Waals surface area contributed by atoms with Gasteiger partial charge in [-0.05, 0) is 19.8 Å². The highest BCUT2D eigenvalue weighted by Crippen LogP contribution is 2.18. The normalized spacial score (nSPS) is 16.2. The summed E-state index contributed by atoms with van der Waals surface area (Å²) >= 11 is 1.09. The molecule has 7 nitrogen and oxygen atoms in total. The first-order valence-corrected chi connectivity index (χ1v) is 7.27. The number of aromatic carboxylic acids is 1. The maximum Gasteiger partial charge on any atom is 0.347 e. The van der Waals surface area contributed by atoms with Crippen LogP contribution in [0.1, 0.15) is 33.2 Å². The van der Waals surface area contributed by atoms with Gasteiger partial charge in [0.25, 0.3) is 0 Å². The lowest BCUT2D eigenvalue weighted by Gasteiger charge is -2.30. The van der Waals surface area contributed by atoms with Crippen LogP contribution in [0.3, 0.4) is 0 Å². The SMILES string of the molecule is Cc1nc(CNC(=O)N2CCC(N)CC2)sc1C(=O)O. The quantitative estimate of drug-likeness (QED) is 0.764. The number of urea groups is 1. The minimum atomic E-state index is -0.984. The average molecular weight is 298 g/mol. The molecule has 1 fully saturated rings. The van der Waals surface area contributed by atoms with Crippen LogP contribution in [0.4, 0.5) is 4.79 Å². The summed E-state index contributed by atoms with van der Waals surface area (Å²) < 4.78 is 0. The Kier molecular flexibility index (Phi) is 4.56. The van der Waals surface area contributed by atoms with Crippen molar-refractivity contribution in [2.24, 2.45) is 5.73 Å². The Hall–Kier alpha value is -1.67. The van der Waals surface area contributed by atoms with Crippen LogP contribution in [0.5, 0.6) is 0 Å². The molecule has 110 valence electrons. The lowest BCUT2D eigenvalue weighted by molar-refractivity contribution is 0.0701. The van der Waals surface area contributed by atoms with E-state index in [0.717, 1.165) is 24.2 Å². The number of nitrogens with zero attached hydrogens (tertiary/aromatic N) is 2. The van der Waals surface area contributed by atoms with Gasteiger partial charge in [0.15, 0.2) is 0 Å². The zero-order valence-corrected chi connectivity index (χ0v) is 12.1. The average Bonchev–Trinajstić information content (AvgIpc) is 2.78. The number of carbonyl (C=O) groups is 2. The molecule has 2 amide bonds. The number of carbonyl (C=O) groups excluding carboxylic acids is 1. The Labute approximate surface area is 120 Å². The van der Waals surface area contributed by atoms with Crippen LogP contribution in [0, 0.1) is 6.92 Å². The summed E-state index contributed by atoms with van der Waals surface area (Å²) in [7, 11) is 0. The Morgan fingerprint density at radius 1 is 1.50 bits per heavy atom. The summed E-state index contributed by atoms with van der Waals surface area (Å²) in [5.41, 5.74) is 6.27. The molecule has 1 aliphatic heterocycles. The molecule has 20 heavy (non-hydrogen) atoms. The third kappa shape index (κ3) is 3.45. The number of hydrogen-bond acceptors (Lipinski definition) is 5. The van der Waals surface area contributed by atoms with Gasteiger partial charge in [-0.25, -0.2) is 14.6 Å². The maximum atomic E-state index is 11.9. The predicted octanol–water partition coefficient (Wildman–Crippen LogP) is 0.782. The summed E-state index contributed by atoms with van der Waals surface area (Å²) in [6.45, 7) is 3.21. The molecule has 0 spiro atoms. The van der Waals surface area contributed by atoms with Crippen LogP contribution < -0.4 is 11.1 Å². The van der Waals surface area contributed by atoms with Crippen LogP contribution in [-0.4, -0.2) is 46.1 Å². The van der Waals surface area contributed by atoms with Crippen molar-refractivity contribution in [1.82, 2.24) is 15.2 Å². The Bertz CT molecular complexity index is 509. The highest BCUT2D eigenvalue weighted by atomic mass is 32.1. The molecule has 2 rings (SSSR count). The van der Waals surface area contributed by atoms with E-state index in [4.69, 9.17) is 10.8 Å². The first-order chi connectivity index (χ1) is 9.47. The van der Waals surface area contributed by atoms with E-state index in [-0.39, 0.29) is 23.5 Å². The van der Waals surface area contributed by atoms with Crippen molar-refractivity contribution in [1.29, 1.82) is 0 Å². The highest BCUT2D eigenvalue weighted by molar-refractivity contribution is 7.13. The number of aromatic nitrogens is 1. The number of nitrogens with one attached hydrogen (secondary N) is 1. The molecule has 1 aromatic heterocycles. The van der Waals surface area contributed by atoms with E-state index < -0.39 is 5.97 Å².